The zero-order valence-electron chi connectivity index (χ0n) is 9.68. The fourth-order valence-corrected chi connectivity index (χ4v) is 2.03. The maximum atomic E-state index is 13.3. The number of halogens is 2. The summed E-state index contributed by atoms with van der Waals surface area (Å²) in [5.41, 5.74) is 1.64. The second kappa shape index (κ2) is 6.06. The second-order valence-corrected chi connectivity index (χ2v) is 4.74. The van der Waals surface area contributed by atoms with E-state index in [9.17, 15) is 4.39 Å². The Labute approximate surface area is 113 Å². The van der Waals surface area contributed by atoms with Crippen molar-refractivity contribution >= 4 is 15.9 Å². The van der Waals surface area contributed by atoms with Gasteiger partial charge < -0.3 is 5.11 Å². The standard InChI is InChI=1S/C12H13BrFN3O/c13-12-9(3-1-5-11(12)14)7-17-8-10(15-16-17)4-2-6-18/h1,3,5,8,18H,2,4,6-7H2. The lowest BCUT2D eigenvalue weighted by Gasteiger charge is -2.04. The summed E-state index contributed by atoms with van der Waals surface area (Å²) < 4.78 is 15.4. The highest BCUT2D eigenvalue weighted by Gasteiger charge is 2.07. The molecule has 0 fully saturated rings. The van der Waals surface area contributed by atoms with Crippen molar-refractivity contribution < 1.29 is 9.50 Å². The molecule has 0 saturated carbocycles. The Morgan fingerprint density at radius 2 is 2.22 bits per heavy atom. The molecular weight excluding hydrogens is 301 g/mol. The van der Waals surface area contributed by atoms with Gasteiger partial charge in [-0.2, -0.15) is 0 Å². The summed E-state index contributed by atoms with van der Waals surface area (Å²) in [6.07, 6.45) is 3.18. The van der Waals surface area contributed by atoms with Gasteiger partial charge in [0, 0.05) is 12.8 Å². The monoisotopic (exact) mass is 313 g/mol. The van der Waals surface area contributed by atoms with Crippen molar-refractivity contribution in [3.05, 3.63) is 45.9 Å². The van der Waals surface area contributed by atoms with E-state index in [1.807, 2.05) is 12.3 Å². The van der Waals surface area contributed by atoms with E-state index in [-0.39, 0.29) is 12.4 Å². The Morgan fingerprint density at radius 3 is 3.00 bits per heavy atom. The van der Waals surface area contributed by atoms with Gasteiger partial charge in [-0.3, -0.25) is 0 Å². The molecule has 1 aromatic carbocycles. The summed E-state index contributed by atoms with van der Waals surface area (Å²) in [7, 11) is 0. The van der Waals surface area contributed by atoms with E-state index in [1.54, 1.807) is 10.7 Å². The molecular formula is C12H13BrFN3O. The summed E-state index contributed by atoms with van der Waals surface area (Å²) >= 11 is 3.22. The number of aromatic nitrogens is 3. The Bertz CT molecular complexity index is 530. The molecule has 0 bridgehead atoms. The maximum Gasteiger partial charge on any atom is 0.137 e. The lowest BCUT2D eigenvalue weighted by molar-refractivity contribution is 0.288. The molecule has 0 atom stereocenters. The van der Waals surface area contributed by atoms with Crippen LogP contribution in [0.25, 0.3) is 0 Å². The highest BCUT2D eigenvalue weighted by Crippen LogP contribution is 2.21. The first-order valence-corrected chi connectivity index (χ1v) is 6.43. The second-order valence-electron chi connectivity index (χ2n) is 3.95. The number of hydrogen-bond acceptors (Lipinski definition) is 3. The van der Waals surface area contributed by atoms with Gasteiger partial charge >= 0.3 is 0 Å². The first-order valence-electron chi connectivity index (χ1n) is 5.63. The number of rotatable bonds is 5. The summed E-state index contributed by atoms with van der Waals surface area (Å²) in [5.74, 6) is -0.284. The van der Waals surface area contributed by atoms with E-state index in [1.165, 1.54) is 6.07 Å². The van der Waals surface area contributed by atoms with Crippen molar-refractivity contribution in [2.45, 2.75) is 19.4 Å². The molecule has 2 aromatic rings. The van der Waals surface area contributed by atoms with Crippen LogP contribution in [0.15, 0.2) is 28.9 Å². The van der Waals surface area contributed by atoms with Crippen molar-refractivity contribution in [2.24, 2.45) is 0 Å². The van der Waals surface area contributed by atoms with Crippen molar-refractivity contribution in [3.63, 3.8) is 0 Å². The molecule has 1 heterocycles. The summed E-state index contributed by atoms with van der Waals surface area (Å²) in [6.45, 7) is 0.604. The van der Waals surface area contributed by atoms with E-state index in [2.05, 4.69) is 26.2 Å². The fourth-order valence-electron chi connectivity index (χ4n) is 1.64. The molecule has 2 rings (SSSR count). The van der Waals surface area contributed by atoms with Crippen LogP contribution in [0.1, 0.15) is 17.7 Å². The van der Waals surface area contributed by atoms with E-state index in [0.29, 0.717) is 23.9 Å². The van der Waals surface area contributed by atoms with Crippen molar-refractivity contribution in [3.8, 4) is 0 Å². The van der Waals surface area contributed by atoms with Crippen LogP contribution in [0.2, 0.25) is 0 Å². The van der Waals surface area contributed by atoms with E-state index in [4.69, 9.17) is 5.11 Å². The van der Waals surface area contributed by atoms with Gasteiger partial charge in [0.2, 0.25) is 0 Å². The largest absolute Gasteiger partial charge is 0.396 e. The molecule has 0 aliphatic carbocycles. The smallest absolute Gasteiger partial charge is 0.137 e. The Hall–Kier alpha value is -1.27. The van der Waals surface area contributed by atoms with Crippen LogP contribution in [-0.4, -0.2) is 26.7 Å². The van der Waals surface area contributed by atoms with Crippen molar-refractivity contribution in [1.29, 1.82) is 0 Å². The molecule has 0 aliphatic heterocycles. The van der Waals surface area contributed by atoms with Gasteiger partial charge in [0.15, 0.2) is 0 Å². The van der Waals surface area contributed by atoms with Gasteiger partial charge in [0.05, 0.1) is 16.7 Å². The number of aliphatic hydroxyl groups is 1. The average Bonchev–Trinajstić information content (AvgIpc) is 2.80. The molecule has 0 amide bonds. The molecule has 4 nitrogen and oxygen atoms in total. The van der Waals surface area contributed by atoms with Crippen molar-refractivity contribution in [2.75, 3.05) is 6.61 Å². The molecule has 96 valence electrons. The number of hydrogen-bond donors (Lipinski definition) is 1. The maximum absolute atomic E-state index is 13.3. The minimum absolute atomic E-state index is 0.141. The zero-order chi connectivity index (χ0) is 13.0. The minimum atomic E-state index is -0.284. The summed E-state index contributed by atoms with van der Waals surface area (Å²) in [5, 5.41) is 16.7. The zero-order valence-corrected chi connectivity index (χ0v) is 11.3. The molecule has 0 spiro atoms. The summed E-state index contributed by atoms with van der Waals surface area (Å²) in [4.78, 5) is 0. The van der Waals surface area contributed by atoms with Gasteiger partial charge in [-0.25, -0.2) is 9.07 Å². The number of aryl methyl sites for hydroxylation is 1. The van der Waals surface area contributed by atoms with Crippen LogP contribution in [0.3, 0.4) is 0 Å². The lowest BCUT2D eigenvalue weighted by Crippen LogP contribution is -2.02. The van der Waals surface area contributed by atoms with Gasteiger partial charge in [-0.1, -0.05) is 17.3 Å². The number of aliphatic hydroxyl groups excluding tert-OH is 1. The highest BCUT2D eigenvalue weighted by molar-refractivity contribution is 9.10. The van der Waals surface area contributed by atoms with E-state index < -0.39 is 0 Å². The first-order chi connectivity index (χ1) is 8.70. The van der Waals surface area contributed by atoms with E-state index in [0.717, 1.165) is 11.3 Å². The SMILES string of the molecule is OCCCc1cn(Cc2cccc(F)c2Br)nn1. The van der Waals surface area contributed by atoms with Crippen LogP contribution in [-0.2, 0) is 13.0 Å². The van der Waals surface area contributed by atoms with Crippen LogP contribution in [0.4, 0.5) is 4.39 Å². The molecule has 0 unspecified atom stereocenters. The Kier molecular flexibility index (Phi) is 4.43. The minimum Gasteiger partial charge on any atom is -0.396 e. The van der Waals surface area contributed by atoms with Gasteiger partial charge in [-0.05, 0) is 40.4 Å². The topological polar surface area (TPSA) is 50.9 Å². The molecule has 0 radical (unpaired) electrons. The number of nitrogens with zero attached hydrogens (tertiary/aromatic N) is 3. The first kappa shape index (κ1) is 13.2. The predicted molar refractivity (Wildman–Crippen MR) is 68.6 cm³/mol. The van der Waals surface area contributed by atoms with Crippen molar-refractivity contribution in [1.82, 2.24) is 15.0 Å². The van der Waals surface area contributed by atoms with Crippen LogP contribution < -0.4 is 0 Å². The van der Waals surface area contributed by atoms with Gasteiger partial charge in [0.25, 0.3) is 0 Å². The molecule has 6 heteroatoms. The van der Waals surface area contributed by atoms with Gasteiger partial charge in [0.1, 0.15) is 5.82 Å². The van der Waals surface area contributed by atoms with Crippen LogP contribution in [0.5, 0.6) is 0 Å². The number of benzene rings is 1. The molecule has 1 N–H and O–H groups in total. The summed E-state index contributed by atoms with van der Waals surface area (Å²) in [6, 6.07) is 4.91. The van der Waals surface area contributed by atoms with Gasteiger partial charge in [-0.15, -0.1) is 5.10 Å². The molecule has 0 saturated heterocycles. The quantitative estimate of drug-likeness (QED) is 0.920. The highest BCUT2D eigenvalue weighted by atomic mass is 79.9. The van der Waals surface area contributed by atoms with Crippen LogP contribution in [0, 0.1) is 5.82 Å². The molecule has 18 heavy (non-hydrogen) atoms. The average molecular weight is 314 g/mol. The normalized spacial score (nSPS) is 10.8. The Morgan fingerprint density at radius 1 is 1.39 bits per heavy atom. The molecule has 0 aliphatic rings. The molecule has 1 aromatic heterocycles. The predicted octanol–water partition coefficient (Wildman–Crippen LogP) is 2.15. The third-order valence-corrected chi connectivity index (χ3v) is 3.43. The third kappa shape index (κ3) is 3.14. The van der Waals surface area contributed by atoms with Crippen LogP contribution >= 0.6 is 15.9 Å². The lowest BCUT2D eigenvalue weighted by atomic mass is 10.2. The fraction of sp³-hybridized carbons (Fsp3) is 0.333. The Balaban J connectivity index is 2.09. The van der Waals surface area contributed by atoms with E-state index >= 15 is 0 Å². The third-order valence-electron chi connectivity index (χ3n) is 2.54.